The van der Waals surface area contributed by atoms with Gasteiger partial charge in [0, 0.05) is 61.7 Å². The van der Waals surface area contributed by atoms with Crippen molar-refractivity contribution in [1.82, 2.24) is 19.4 Å². The summed E-state index contributed by atoms with van der Waals surface area (Å²) in [7, 11) is 0. The molecule has 12 heteroatoms. The van der Waals surface area contributed by atoms with Gasteiger partial charge in [-0.2, -0.15) is 0 Å². The van der Waals surface area contributed by atoms with E-state index >= 15 is 0 Å². The standard InChI is InChI=1S/C29H32N6O5S/c1-21-30-23(20-41-21)18-38-25-6-2-22(3-7-25)16-32-12-14-33(15-13-32)24-4-8-26(9-5-24)39-19-27-10-11-34-17-28(35(36)37)31-29(34)40-27/h2-9,17,20,27H,10-16,18-19H2,1H3. The first-order chi connectivity index (χ1) is 20.0. The van der Waals surface area contributed by atoms with Gasteiger partial charge < -0.3 is 29.2 Å². The molecule has 2 aromatic heterocycles. The lowest BCUT2D eigenvalue weighted by Crippen LogP contribution is -2.45. The number of hydrogen-bond donors (Lipinski definition) is 0. The molecule has 6 rings (SSSR count). The van der Waals surface area contributed by atoms with Crippen molar-refractivity contribution in [2.24, 2.45) is 0 Å². The molecule has 2 aromatic carbocycles. The quantitative estimate of drug-likeness (QED) is 0.196. The zero-order valence-corrected chi connectivity index (χ0v) is 23.7. The van der Waals surface area contributed by atoms with Gasteiger partial charge in [-0.25, -0.2) is 4.98 Å². The Labute approximate surface area is 242 Å². The second-order valence-electron chi connectivity index (χ2n) is 10.2. The van der Waals surface area contributed by atoms with Crippen molar-refractivity contribution in [2.75, 3.05) is 37.7 Å². The number of anilines is 1. The summed E-state index contributed by atoms with van der Waals surface area (Å²) in [4.78, 5) is 23.7. The normalized spacial score (nSPS) is 17.1. The van der Waals surface area contributed by atoms with Crippen LogP contribution in [0.25, 0.3) is 0 Å². The van der Waals surface area contributed by atoms with E-state index in [0.717, 1.165) is 54.9 Å². The molecule has 214 valence electrons. The molecule has 0 spiro atoms. The Morgan fingerprint density at radius 2 is 1.73 bits per heavy atom. The van der Waals surface area contributed by atoms with Crippen molar-refractivity contribution in [3.8, 4) is 17.5 Å². The first kappa shape index (κ1) is 27.0. The van der Waals surface area contributed by atoms with E-state index in [0.29, 0.717) is 26.2 Å². The summed E-state index contributed by atoms with van der Waals surface area (Å²) < 4.78 is 19.3. The number of fused-ring (bicyclic) bond motifs is 1. The SMILES string of the molecule is Cc1nc(COc2ccc(CN3CCN(c4ccc(OCC5CCn6cc([N+](=O)[O-])nc6O5)cc4)CC3)cc2)cs1. The Hall–Kier alpha value is -4.16. The molecular formula is C29H32N6O5S. The summed E-state index contributed by atoms with van der Waals surface area (Å²) in [5.74, 6) is 1.43. The van der Waals surface area contributed by atoms with E-state index in [9.17, 15) is 10.1 Å². The summed E-state index contributed by atoms with van der Waals surface area (Å²) >= 11 is 1.64. The molecular weight excluding hydrogens is 544 g/mol. The Bertz CT molecular complexity index is 1460. The Morgan fingerprint density at radius 1 is 1.00 bits per heavy atom. The fraction of sp³-hybridized carbons (Fsp3) is 0.379. The Morgan fingerprint density at radius 3 is 2.44 bits per heavy atom. The van der Waals surface area contributed by atoms with Crippen molar-refractivity contribution in [3.63, 3.8) is 0 Å². The molecule has 1 atom stereocenters. The van der Waals surface area contributed by atoms with Crippen LogP contribution in [0.2, 0.25) is 0 Å². The van der Waals surface area contributed by atoms with Crippen molar-refractivity contribution in [1.29, 1.82) is 0 Å². The van der Waals surface area contributed by atoms with Crippen LogP contribution in [0.1, 0.15) is 22.7 Å². The van der Waals surface area contributed by atoms with E-state index in [-0.39, 0.29) is 17.9 Å². The molecule has 2 aliphatic rings. The van der Waals surface area contributed by atoms with Crippen LogP contribution >= 0.6 is 11.3 Å². The minimum Gasteiger partial charge on any atom is -0.490 e. The topological polar surface area (TPSA) is 108 Å². The zero-order chi connectivity index (χ0) is 28.2. The third-order valence-corrected chi connectivity index (χ3v) is 8.09. The predicted octanol–water partition coefficient (Wildman–Crippen LogP) is 4.69. The minimum absolute atomic E-state index is 0.198. The molecule has 0 radical (unpaired) electrons. The highest BCUT2D eigenvalue weighted by Gasteiger charge is 2.28. The average molecular weight is 577 g/mol. The third-order valence-electron chi connectivity index (χ3n) is 7.27. The molecule has 2 aliphatic heterocycles. The van der Waals surface area contributed by atoms with Crippen LogP contribution in [0.4, 0.5) is 11.5 Å². The number of hydrogen-bond acceptors (Lipinski definition) is 10. The second-order valence-corrected chi connectivity index (χ2v) is 11.3. The summed E-state index contributed by atoms with van der Waals surface area (Å²) in [6, 6.07) is 16.8. The van der Waals surface area contributed by atoms with Gasteiger partial charge in [0.1, 0.15) is 37.0 Å². The van der Waals surface area contributed by atoms with E-state index in [1.54, 1.807) is 15.9 Å². The molecule has 1 unspecified atom stereocenters. The van der Waals surface area contributed by atoms with Crippen molar-refractivity contribution in [3.05, 3.63) is 86.5 Å². The number of benzene rings is 2. The lowest BCUT2D eigenvalue weighted by atomic mass is 10.2. The molecule has 1 fully saturated rings. The lowest BCUT2D eigenvalue weighted by molar-refractivity contribution is -0.389. The largest absolute Gasteiger partial charge is 0.490 e. The molecule has 0 bridgehead atoms. The number of aryl methyl sites for hydroxylation is 2. The van der Waals surface area contributed by atoms with Crippen LogP contribution in [-0.2, 0) is 19.7 Å². The smallest absolute Gasteiger partial charge is 0.414 e. The Balaban J connectivity index is 0.926. The summed E-state index contributed by atoms with van der Waals surface area (Å²) in [5.41, 5.74) is 3.43. The highest BCUT2D eigenvalue weighted by Crippen LogP contribution is 2.26. The van der Waals surface area contributed by atoms with Gasteiger partial charge in [0.05, 0.1) is 10.7 Å². The number of piperazine rings is 1. The summed E-state index contributed by atoms with van der Waals surface area (Å²) in [6.07, 6.45) is 1.91. The van der Waals surface area contributed by atoms with Gasteiger partial charge in [0.25, 0.3) is 0 Å². The maximum Gasteiger partial charge on any atom is 0.414 e. The molecule has 0 amide bonds. The van der Waals surface area contributed by atoms with E-state index in [1.807, 2.05) is 36.6 Å². The predicted molar refractivity (Wildman–Crippen MR) is 155 cm³/mol. The van der Waals surface area contributed by atoms with Crippen molar-refractivity contribution in [2.45, 2.75) is 39.1 Å². The van der Waals surface area contributed by atoms with Gasteiger partial charge in [-0.1, -0.05) is 12.1 Å². The zero-order valence-electron chi connectivity index (χ0n) is 22.8. The van der Waals surface area contributed by atoms with Gasteiger partial charge in [0.15, 0.2) is 0 Å². The highest BCUT2D eigenvalue weighted by molar-refractivity contribution is 7.09. The number of rotatable bonds is 10. The average Bonchev–Trinajstić information content (AvgIpc) is 3.62. The van der Waals surface area contributed by atoms with E-state index < -0.39 is 4.92 Å². The molecule has 0 N–H and O–H groups in total. The number of ether oxygens (including phenoxy) is 3. The van der Waals surface area contributed by atoms with Gasteiger partial charge in [-0.05, 0) is 53.8 Å². The first-order valence-corrected chi connectivity index (χ1v) is 14.6. The van der Waals surface area contributed by atoms with Crippen LogP contribution in [0.15, 0.2) is 60.1 Å². The molecule has 0 aliphatic carbocycles. The maximum atomic E-state index is 10.9. The van der Waals surface area contributed by atoms with Crippen molar-refractivity contribution >= 4 is 22.8 Å². The van der Waals surface area contributed by atoms with Gasteiger partial charge >= 0.3 is 11.8 Å². The van der Waals surface area contributed by atoms with Gasteiger partial charge in [-0.15, -0.1) is 11.3 Å². The maximum absolute atomic E-state index is 10.9. The van der Waals surface area contributed by atoms with Crippen LogP contribution < -0.4 is 19.1 Å². The second kappa shape index (κ2) is 12.1. The van der Waals surface area contributed by atoms with E-state index in [1.165, 1.54) is 17.4 Å². The van der Waals surface area contributed by atoms with Gasteiger partial charge in [-0.3, -0.25) is 9.47 Å². The molecule has 41 heavy (non-hydrogen) atoms. The summed E-state index contributed by atoms with van der Waals surface area (Å²) in [5, 5.41) is 14.0. The van der Waals surface area contributed by atoms with Crippen molar-refractivity contribution < 1.29 is 19.1 Å². The monoisotopic (exact) mass is 576 g/mol. The Kier molecular flexibility index (Phi) is 8.01. The molecule has 0 saturated carbocycles. The fourth-order valence-electron chi connectivity index (χ4n) is 5.02. The van der Waals surface area contributed by atoms with Crippen LogP contribution in [-0.4, -0.2) is 63.2 Å². The van der Waals surface area contributed by atoms with Crippen LogP contribution in [0, 0.1) is 17.0 Å². The number of aromatic nitrogens is 3. The summed E-state index contributed by atoms with van der Waals surface area (Å²) in [6.45, 7) is 8.30. The minimum atomic E-state index is -0.511. The molecule has 1 saturated heterocycles. The number of imidazole rings is 1. The fourth-order valence-corrected chi connectivity index (χ4v) is 5.62. The van der Waals surface area contributed by atoms with Gasteiger partial charge in [0.2, 0.25) is 0 Å². The number of nitro groups is 1. The number of nitrogens with zero attached hydrogens (tertiary/aromatic N) is 6. The number of thiazole rings is 1. The molecule has 4 heterocycles. The molecule has 4 aromatic rings. The van der Waals surface area contributed by atoms with Crippen LogP contribution in [0.3, 0.4) is 0 Å². The third kappa shape index (κ3) is 6.77. The van der Waals surface area contributed by atoms with Crippen LogP contribution in [0.5, 0.6) is 17.5 Å². The first-order valence-electron chi connectivity index (χ1n) is 13.7. The van der Waals surface area contributed by atoms with E-state index in [4.69, 9.17) is 14.2 Å². The van der Waals surface area contributed by atoms with E-state index in [2.05, 4.69) is 44.0 Å². The molecule has 11 nitrogen and oxygen atoms in total. The lowest BCUT2D eigenvalue weighted by Gasteiger charge is -2.36. The highest BCUT2D eigenvalue weighted by atomic mass is 32.1.